The quantitative estimate of drug-likeness (QED) is 0.0965. The van der Waals surface area contributed by atoms with E-state index in [-0.39, 0.29) is 37.2 Å². The third-order valence-electron chi connectivity index (χ3n) is 8.05. The molecule has 4 rings (SSSR count). The van der Waals surface area contributed by atoms with Gasteiger partial charge < -0.3 is 37.1 Å². The molecule has 1 aliphatic heterocycles. The number of nitro benzene ring substituents is 1. The average Bonchev–Trinajstić information content (AvgIpc) is 3.08. The maximum atomic E-state index is 13.7. The smallest absolute Gasteiger partial charge is 0.272 e. The number of hydrogen-bond acceptors (Lipinski definition) is 9. The van der Waals surface area contributed by atoms with Gasteiger partial charge in [0.1, 0.15) is 24.4 Å². The first-order valence-electron chi connectivity index (χ1n) is 15.7. The van der Waals surface area contributed by atoms with Crippen molar-refractivity contribution in [3.05, 3.63) is 93.5 Å². The Balaban J connectivity index is 1.82. The van der Waals surface area contributed by atoms with Crippen LogP contribution < -0.4 is 37.1 Å². The molecular weight excluding hydrogens is 602 g/mol. The molecule has 1 heterocycles. The van der Waals surface area contributed by atoms with Crippen LogP contribution in [0.3, 0.4) is 0 Å². The number of carbonyl (C=O) groups excluding carboxylic acids is 3. The van der Waals surface area contributed by atoms with E-state index in [1.807, 2.05) is 48.5 Å². The van der Waals surface area contributed by atoms with E-state index in [1.54, 1.807) is 26.2 Å². The van der Waals surface area contributed by atoms with Crippen LogP contribution in [0.2, 0.25) is 0 Å². The van der Waals surface area contributed by atoms with Crippen molar-refractivity contribution in [1.29, 1.82) is 0 Å². The van der Waals surface area contributed by atoms with Crippen LogP contribution in [0.1, 0.15) is 29.5 Å². The summed E-state index contributed by atoms with van der Waals surface area (Å²) in [4.78, 5) is 52.3. The van der Waals surface area contributed by atoms with E-state index in [9.17, 15) is 24.5 Å². The van der Waals surface area contributed by atoms with Crippen LogP contribution in [0.25, 0.3) is 11.1 Å². The van der Waals surface area contributed by atoms with Crippen molar-refractivity contribution in [3.8, 4) is 16.9 Å². The SMILES string of the molecule is CNCCC[C@@H]1NC(=O)[C@@H](NC)Cc2cc(ccc2OCc2ccccc2)-c2ccc([N+](=O)[O-])c(c2)C[C@@H](C(=O)NCCN)NC1=O. The van der Waals surface area contributed by atoms with Crippen LogP contribution in [0, 0.1) is 10.1 Å². The Kier molecular flexibility index (Phi) is 12.8. The normalized spacial score (nSPS) is 18.2. The summed E-state index contributed by atoms with van der Waals surface area (Å²) < 4.78 is 6.23. The minimum Gasteiger partial charge on any atom is -0.489 e. The maximum absolute atomic E-state index is 13.7. The van der Waals surface area contributed by atoms with E-state index in [0.29, 0.717) is 37.3 Å². The van der Waals surface area contributed by atoms with Crippen LogP contribution in [0.4, 0.5) is 5.69 Å². The fraction of sp³-hybridized carbons (Fsp3) is 0.382. The van der Waals surface area contributed by atoms with Crippen molar-refractivity contribution in [2.45, 2.75) is 50.4 Å². The predicted octanol–water partition coefficient (Wildman–Crippen LogP) is 1.57. The summed E-state index contributed by atoms with van der Waals surface area (Å²) >= 11 is 0. The number of hydrogen-bond donors (Lipinski definition) is 6. The van der Waals surface area contributed by atoms with Crippen molar-refractivity contribution in [1.82, 2.24) is 26.6 Å². The number of nitrogens with zero attached hydrogens (tertiary/aromatic N) is 1. The minimum absolute atomic E-state index is 0.154. The summed E-state index contributed by atoms with van der Waals surface area (Å²) in [6.07, 6.45) is 0.932. The largest absolute Gasteiger partial charge is 0.489 e. The molecule has 0 fully saturated rings. The number of nitrogens with one attached hydrogen (secondary N) is 5. The molecule has 3 aromatic carbocycles. The van der Waals surface area contributed by atoms with Gasteiger partial charge in [0.2, 0.25) is 17.7 Å². The Bertz CT molecular complexity index is 1550. The first kappa shape index (κ1) is 35.0. The van der Waals surface area contributed by atoms with Crippen molar-refractivity contribution in [2.75, 3.05) is 33.7 Å². The molecule has 0 saturated carbocycles. The zero-order chi connectivity index (χ0) is 33.8. The summed E-state index contributed by atoms with van der Waals surface area (Å²) in [5.74, 6) is -0.925. The highest BCUT2D eigenvalue weighted by Crippen LogP contribution is 2.32. The zero-order valence-corrected chi connectivity index (χ0v) is 26.7. The van der Waals surface area contributed by atoms with E-state index in [4.69, 9.17) is 10.5 Å². The molecule has 3 atom stereocenters. The number of ether oxygens (including phenoxy) is 1. The number of carbonyl (C=O) groups is 3. The number of amides is 3. The number of rotatable bonds is 12. The first-order chi connectivity index (χ1) is 22.7. The minimum atomic E-state index is -1.17. The van der Waals surface area contributed by atoms with E-state index >= 15 is 0 Å². The Hall–Kier alpha value is -4.85. The van der Waals surface area contributed by atoms with Gasteiger partial charge in [-0.3, -0.25) is 24.5 Å². The van der Waals surface area contributed by atoms with Gasteiger partial charge in [0, 0.05) is 37.6 Å². The topological polar surface area (TPSA) is 190 Å². The van der Waals surface area contributed by atoms with Crippen molar-refractivity contribution in [2.24, 2.45) is 5.73 Å². The average molecular weight is 646 g/mol. The molecule has 3 amide bonds. The van der Waals surface area contributed by atoms with E-state index in [1.165, 1.54) is 6.07 Å². The van der Waals surface area contributed by atoms with Gasteiger partial charge in [-0.25, -0.2) is 0 Å². The van der Waals surface area contributed by atoms with Crippen LogP contribution in [0.15, 0.2) is 66.7 Å². The van der Waals surface area contributed by atoms with Crippen molar-refractivity contribution in [3.63, 3.8) is 0 Å². The lowest BCUT2D eigenvalue weighted by Crippen LogP contribution is -2.57. The van der Waals surface area contributed by atoms with Gasteiger partial charge in [0.15, 0.2) is 0 Å². The second-order valence-electron chi connectivity index (χ2n) is 11.4. The van der Waals surface area contributed by atoms with E-state index < -0.39 is 40.8 Å². The number of benzene rings is 3. The maximum Gasteiger partial charge on any atom is 0.272 e. The van der Waals surface area contributed by atoms with Gasteiger partial charge in [-0.15, -0.1) is 0 Å². The lowest BCUT2D eigenvalue weighted by molar-refractivity contribution is -0.385. The summed E-state index contributed by atoms with van der Waals surface area (Å²) in [6.45, 7) is 1.24. The number of nitrogens with two attached hydrogens (primary N) is 1. The van der Waals surface area contributed by atoms with Crippen LogP contribution in [0.5, 0.6) is 5.75 Å². The van der Waals surface area contributed by atoms with Gasteiger partial charge in [-0.2, -0.15) is 0 Å². The summed E-state index contributed by atoms with van der Waals surface area (Å²) in [5.41, 5.74) is 8.80. The number of fused-ring (bicyclic) bond motifs is 5. The molecule has 0 aromatic heterocycles. The predicted molar refractivity (Wildman–Crippen MR) is 179 cm³/mol. The molecule has 13 heteroatoms. The van der Waals surface area contributed by atoms with Gasteiger partial charge in [0.05, 0.1) is 11.0 Å². The molecule has 7 N–H and O–H groups in total. The number of likely N-dealkylation sites (N-methyl/N-ethyl adjacent to an activating group) is 1. The Labute approximate surface area is 274 Å². The Morgan fingerprint density at radius 3 is 2.36 bits per heavy atom. The molecule has 0 unspecified atom stereocenters. The van der Waals surface area contributed by atoms with Crippen LogP contribution >= 0.6 is 0 Å². The highest BCUT2D eigenvalue weighted by molar-refractivity contribution is 5.93. The molecule has 3 aromatic rings. The standard InChI is InChI=1S/C34H43N7O6/c1-36-15-6-9-27-33(43)40-29(32(42)38-16-14-35)19-25-17-23(10-12-30(25)41(45)46)24-11-13-31(47-21-22-7-4-3-5-8-22)26(18-24)20-28(37-2)34(44)39-27/h3-5,7-8,10-13,17-18,27-29,36-37H,6,9,14-16,19-21,35H2,1-2H3,(H,38,42)(H,39,44)(H,40,43)/t27-,28-,29-/m0/s1. The molecule has 4 bridgehead atoms. The second kappa shape index (κ2) is 17.2. The van der Waals surface area contributed by atoms with Gasteiger partial charge >= 0.3 is 0 Å². The van der Waals surface area contributed by atoms with Crippen LogP contribution in [-0.4, -0.2) is 74.5 Å². The number of nitro groups is 1. The third-order valence-corrected chi connectivity index (χ3v) is 8.05. The molecule has 13 nitrogen and oxygen atoms in total. The molecule has 0 spiro atoms. The van der Waals surface area contributed by atoms with E-state index in [0.717, 1.165) is 16.7 Å². The fourth-order valence-corrected chi connectivity index (χ4v) is 5.49. The fourth-order valence-electron chi connectivity index (χ4n) is 5.49. The van der Waals surface area contributed by atoms with Crippen molar-refractivity contribution >= 4 is 23.4 Å². The highest BCUT2D eigenvalue weighted by atomic mass is 16.6. The zero-order valence-electron chi connectivity index (χ0n) is 26.7. The molecule has 0 aliphatic carbocycles. The van der Waals surface area contributed by atoms with Gasteiger partial charge in [-0.05, 0) is 80.0 Å². The highest BCUT2D eigenvalue weighted by Gasteiger charge is 2.31. The molecule has 250 valence electrons. The summed E-state index contributed by atoms with van der Waals surface area (Å²) in [7, 11) is 3.46. The van der Waals surface area contributed by atoms with Crippen molar-refractivity contribution < 1.29 is 24.0 Å². The molecule has 47 heavy (non-hydrogen) atoms. The summed E-state index contributed by atoms with van der Waals surface area (Å²) in [5, 5.41) is 26.5. The van der Waals surface area contributed by atoms with Crippen LogP contribution in [-0.2, 0) is 33.8 Å². The third kappa shape index (κ3) is 9.58. The molecule has 0 radical (unpaired) electrons. The molecular formula is C34H43N7O6. The first-order valence-corrected chi connectivity index (χ1v) is 15.7. The Morgan fingerprint density at radius 2 is 1.68 bits per heavy atom. The summed E-state index contributed by atoms with van der Waals surface area (Å²) in [6, 6.07) is 17.1. The second-order valence-corrected chi connectivity index (χ2v) is 11.4. The van der Waals surface area contributed by atoms with Gasteiger partial charge in [0.25, 0.3) is 5.69 Å². The Morgan fingerprint density at radius 1 is 0.957 bits per heavy atom. The lowest BCUT2D eigenvalue weighted by atomic mass is 9.95. The molecule has 0 saturated heterocycles. The van der Waals surface area contributed by atoms with Gasteiger partial charge in [-0.1, -0.05) is 36.4 Å². The lowest BCUT2D eigenvalue weighted by Gasteiger charge is -2.25. The monoisotopic (exact) mass is 645 g/mol. The van der Waals surface area contributed by atoms with E-state index in [2.05, 4.69) is 26.6 Å². The molecule has 1 aliphatic rings.